The van der Waals surface area contributed by atoms with E-state index in [1.807, 2.05) is 6.92 Å². The molecule has 0 fully saturated rings. The molecule has 8 heavy (non-hydrogen) atoms. The zero-order valence-electron chi connectivity index (χ0n) is 5.09. The van der Waals surface area contributed by atoms with Gasteiger partial charge in [0, 0.05) is 5.75 Å². The van der Waals surface area contributed by atoms with Crippen LogP contribution in [0.3, 0.4) is 0 Å². The first-order valence-electron chi connectivity index (χ1n) is 2.35. The Balaban J connectivity index is 0. The summed E-state index contributed by atoms with van der Waals surface area (Å²) < 4.78 is 18.0. The van der Waals surface area contributed by atoms with Gasteiger partial charge in [-0.1, -0.05) is 13.3 Å². The van der Waals surface area contributed by atoms with E-state index in [1.54, 1.807) is 0 Å². The van der Waals surface area contributed by atoms with Crippen LogP contribution in [0.2, 0.25) is 0 Å². The molecule has 4 heteroatoms. The van der Waals surface area contributed by atoms with Crippen LogP contribution >= 0.6 is 0 Å². The van der Waals surface area contributed by atoms with Gasteiger partial charge in [0.15, 0.2) is 11.1 Å². The molecule has 0 amide bonds. The van der Waals surface area contributed by atoms with E-state index in [-0.39, 0.29) is 6.15 Å². The van der Waals surface area contributed by atoms with E-state index in [2.05, 4.69) is 0 Å². The third-order valence-corrected chi connectivity index (χ3v) is 1.31. The molecule has 1 unspecified atom stereocenters. The lowest BCUT2D eigenvalue weighted by Crippen LogP contribution is -1.92. The fourth-order valence-corrected chi connectivity index (χ4v) is 0.803. The minimum absolute atomic E-state index is 0. The second kappa shape index (κ2) is 7.07. The molecule has 0 rings (SSSR count). The third kappa shape index (κ3) is 9.42. The van der Waals surface area contributed by atoms with Crippen molar-refractivity contribution in [3.63, 3.8) is 0 Å². The molecule has 0 saturated carbocycles. The molecule has 0 spiro atoms. The largest absolute Gasteiger partial charge is 0.344 e. The van der Waals surface area contributed by atoms with Crippen molar-refractivity contribution in [2.45, 2.75) is 19.8 Å². The summed E-state index contributed by atoms with van der Waals surface area (Å²) in [6.07, 6.45) is 1.84. The average Bonchev–Trinajstić information content (AvgIpc) is 1.61. The fraction of sp³-hybridized carbons (Fsp3) is 1.00. The van der Waals surface area contributed by atoms with Gasteiger partial charge < -0.3 is 10.7 Å². The molecule has 3 nitrogen and oxygen atoms in total. The van der Waals surface area contributed by atoms with Gasteiger partial charge in [-0.2, -0.15) is 0 Å². The number of hydrogen-bond donors (Lipinski definition) is 2. The molecule has 0 aromatic carbocycles. The van der Waals surface area contributed by atoms with Crippen LogP contribution in [0.15, 0.2) is 0 Å². The van der Waals surface area contributed by atoms with E-state index < -0.39 is 11.1 Å². The molecule has 0 heterocycles. The second-order valence-electron chi connectivity index (χ2n) is 1.38. The highest BCUT2D eigenvalue weighted by Gasteiger charge is 1.87. The van der Waals surface area contributed by atoms with Gasteiger partial charge in [-0.3, -0.25) is 0 Å². The summed E-state index contributed by atoms with van der Waals surface area (Å²) in [5, 5.41) is 0. The van der Waals surface area contributed by atoms with Gasteiger partial charge in [-0.15, -0.1) is 0 Å². The van der Waals surface area contributed by atoms with Crippen LogP contribution in [0.4, 0.5) is 0 Å². The van der Waals surface area contributed by atoms with Crippen LogP contribution in [-0.2, 0) is 11.1 Å². The van der Waals surface area contributed by atoms with Gasteiger partial charge in [0.2, 0.25) is 0 Å². The molecule has 0 aromatic heterocycles. The minimum Gasteiger partial charge on any atom is -0.344 e. The van der Waals surface area contributed by atoms with Gasteiger partial charge in [0.1, 0.15) is 0 Å². The van der Waals surface area contributed by atoms with E-state index in [0.29, 0.717) is 5.75 Å². The molecule has 1 atom stereocenters. The summed E-state index contributed by atoms with van der Waals surface area (Å²) in [5.74, 6) is 0.427. The number of rotatable bonds is 3. The molecule has 0 aliphatic carbocycles. The van der Waals surface area contributed by atoms with Gasteiger partial charge >= 0.3 is 0 Å². The molecular formula is C4H13NO2S. The molecule has 0 saturated heterocycles. The van der Waals surface area contributed by atoms with Crippen molar-refractivity contribution in [1.29, 1.82) is 0 Å². The SMILES string of the molecule is CCCCS(=O)O.N. The van der Waals surface area contributed by atoms with Gasteiger partial charge in [-0.05, 0) is 6.42 Å². The van der Waals surface area contributed by atoms with E-state index in [1.165, 1.54) is 0 Å². The van der Waals surface area contributed by atoms with Crippen molar-refractivity contribution in [2.24, 2.45) is 0 Å². The van der Waals surface area contributed by atoms with Crippen LogP contribution in [0.1, 0.15) is 19.8 Å². The van der Waals surface area contributed by atoms with Crippen molar-refractivity contribution in [2.75, 3.05) is 5.75 Å². The summed E-state index contributed by atoms with van der Waals surface area (Å²) in [6.45, 7) is 1.99. The highest BCUT2D eigenvalue weighted by atomic mass is 32.2. The average molecular weight is 139 g/mol. The predicted octanol–water partition coefficient (Wildman–Crippen LogP) is 1.17. The Bertz CT molecular complexity index is 67.1. The second-order valence-corrected chi connectivity index (χ2v) is 2.43. The Morgan fingerprint density at radius 2 is 2.12 bits per heavy atom. The predicted molar refractivity (Wildman–Crippen MR) is 35.6 cm³/mol. The monoisotopic (exact) mass is 139 g/mol. The van der Waals surface area contributed by atoms with Gasteiger partial charge in [0.25, 0.3) is 0 Å². The van der Waals surface area contributed by atoms with Crippen LogP contribution in [0.25, 0.3) is 0 Å². The maximum atomic E-state index is 9.87. The van der Waals surface area contributed by atoms with Crippen LogP contribution in [-0.4, -0.2) is 14.5 Å². The van der Waals surface area contributed by atoms with Crippen LogP contribution in [0.5, 0.6) is 0 Å². The minimum atomic E-state index is -1.57. The van der Waals surface area contributed by atoms with Crippen molar-refractivity contribution < 1.29 is 8.76 Å². The van der Waals surface area contributed by atoms with Crippen LogP contribution < -0.4 is 6.15 Å². The van der Waals surface area contributed by atoms with Crippen LogP contribution in [0, 0.1) is 0 Å². The lowest BCUT2D eigenvalue weighted by Gasteiger charge is -1.86. The first kappa shape index (κ1) is 10.9. The van der Waals surface area contributed by atoms with Crippen molar-refractivity contribution >= 4 is 11.1 Å². The molecule has 0 bridgehead atoms. The maximum absolute atomic E-state index is 9.87. The number of hydrogen-bond acceptors (Lipinski definition) is 2. The molecule has 0 aliphatic heterocycles. The highest BCUT2D eigenvalue weighted by Crippen LogP contribution is 1.86. The fourth-order valence-electron chi connectivity index (χ4n) is 0.268. The third-order valence-electron chi connectivity index (χ3n) is 0.673. The lowest BCUT2D eigenvalue weighted by molar-refractivity contribution is 0.561. The Morgan fingerprint density at radius 3 is 2.25 bits per heavy atom. The summed E-state index contributed by atoms with van der Waals surface area (Å²) >= 11 is -1.57. The Labute approximate surface area is 52.3 Å². The molecule has 0 aliphatic rings. The van der Waals surface area contributed by atoms with Gasteiger partial charge in [-0.25, -0.2) is 4.21 Å². The lowest BCUT2D eigenvalue weighted by atomic mass is 10.4. The van der Waals surface area contributed by atoms with Crippen molar-refractivity contribution in [1.82, 2.24) is 6.15 Å². The maximum Gasteiger partial charge on any atom is 0.152 e. The summed E-state index contributed by atoms with van der Waals surface area (Å²) in [5.41, 5.74) is 0. The first-order valence-corrected chi connectivity index (χ1v) is 3.62. The topological polar surface area (TPSA) is 72.3 Å². The highest BCUT2D eigenvalue weighted by molar-refractivity contribution is 7.79. The summed E-state index contributed by atoms with van der Waals surface area (Å²) in [4.78, 5) is 0. The Hall–Kier alpha value is 0.0700. The van der Waals surface area contributed by atoms with E-state index >= 15 is 0 Å². The Morgan fingerprint density at radius 1 is 1.62 bits per heavy atom. The molecule has 0 radical (unpaired) electrons. The zero-order valence-corrected chi connectivity index (χ0v) is 5.91. The summed E-state index contributed by atoms with van der Waals surface area (Å²) in [6, 6.07) is 0. The molecule has 52 valence electrons. The van der Waals surface area contributed by atoms with Crippen molar-refractivity contribution in [3.05, 3.63) is 0 Å². The zero-order chi connectivity index (χ0) is 5.70. The van der Waals surface area contributed by atoms with E-state index in [0.717, 1.165) is 12.8 Å². The quantitative estimate of drug-likeness (QED) is 0.576. The van der Waals surface area contributed by atoms with E-state index in [4.69, 9.17) is 4.55 Å². The molecule has 4 N–H and O–H groups in total. The number of unbranched alkanes of at least 4 members (excludes halogenated alkanes) is 1. The molecular weight excluding hydrogens is 126 g/mol. The van der Waals surface area contributed by atoms with Gasteiger partial charge in [0.05, 0.1) is 0 Å². The van der Waals surface area contributed by atoms with E-state index in [9.17, 15) is 4.21 Å². The normalized spacial score (nSPS) is 12.2. The Kier molecular flexibility index (Phi) is 9.68. The standard InChI is InChI=1S/C4H10O2S.H3N/c1-2-3-4-7(5)6;/h2-4H2,1H3,(H,5,6);1H3. The molecule has 0 aromatic rings. The first-order chi connectivity index (χ1) is 3.27. The summed E-state index contributed by atoms with van der Waals surface area (Å²) in [7, 11) is 0. The van der Waals surface area contributed by atoms with Crippen molar-refractivity contribution in [3.8, 4) is 0 Å². The smallest absolute Gasteiger partial charge is 0.152 e.